The molecule has 14 heavy (non-hydrogen) atoms. The Morgan fingerprint density at radius 2 is 1.86 bits per heavy atom. The molecule has 0 saturated heterocycles. The van der Waals surface area contributed by atoms with Crippen LogP contribution in [0.2, 0.25) is 0 Å². The molecule has 0 aromatic carbocycles. The molecule has 0 unspecified atom stereocenters. The van der Waals surface area contributed by atoms with Gasteiger partial charge in [-0.05, 0) is 33.1 Å². The third-order valence-electron chi connectivity index (χ3n) is 3.37. The summed E-state index contributed by atoms with van der Waals surface area (Å²) in [7, 11) is 0. The van der Waals surface area contributed by atoms with Crippen LogP contribution in [0.3, 0.4) is 0 Å². The van der Waals surface area contributed by atoms with E-state index in [4.69, 9.17) is 0 Å². The SMILES string of the molecule is CCC(=O)C1(CC=C(C)C)CCCC1. The molecule has 0 bridgehead atoms. The molecule has 0 heterocycles. The molecular weight excluding hydrogens is 172 g/mol. The predicted molar refractivity (Wildman–Crippen MR) is 60.2 cm³/mol. The third kappa shape index (κ3) is 2.46. The van der Waals surface area contributed by atoms with Crippen molar-refractivity contribution in [2.45, 2.75) is 59.3 Å². The van der Waals surface area contributed by atoms with E-state index in [-0.39, 0.29) is 5.41 Å². The molecule has 0 atom stereocenters. The zero-order valence-corrected chi connectivity index (χ0v) is 9.73. The second kappa shape index (κ2) is 4.77. The number of hydrogen-bond donors (Lipinski definition) is 0. The maximum Gasteiger partial charge on any atom is 0.139 e. The van der Waals surface area contributed by atoms with Gasteiger partial charge in [-0.3, -0.25) is 4.79 Å². The van der Waals surface area contributed by atoms with Crippen molar-refractivity contribution in [3.8, 4) is 0 Å². The number of rotatable bonds is 4. The molecule has 0 N–H and O–H groups in total. The molecule has 1 rings (SSSR count). The zero-order valence-electron chi connectivity index (χ0n) is 9.73. The van der Waals surface area contributed by atoms with E-state index >= 15 is 0 Å². The highest BCUT2D eigenvalue weighted by Gasteiger charge is 2.38. The van der Waals surface area contributed by atoms with Gasteiger partial charge in [-0.25, -0.2) is 0 Å². The molecule has 0 radical (unpaired) electrons. The third-order valence-corrected chi connectivity index (χ3v) is 3.37. The lowest BCUT2D eigenvalue weighted by atomic mass is 9.77. The van der Waals surface area contributed by atoms with E-state index in [0.29, 0.717) is 12.2 Å². The largest absolute Gasteiger partial charge is 0.299 e. The Bertz CT molecular complexity index is 228. The van der Waals surface area contributed by atoms with E-state index in [0.717, 1.165) is 19.3 Å². The molecule has 0 amide bonds. The average Bonchev–Trinajstić information content (AvgIpc) is 2.63. The van der Waals surface area contributed by atoms with Crippen molar-refractivity contribution in [3.63, 3.8) is 0 Å². The smallest absolute Gasteiger partial charge is 0.139 e. The lowest BCUT2D eigenvalue weighted by Crippen LogP contribution is -2.26. The Labute approximate surface area is 87.6 Å². The highest BCUT2D eigenvalue weighted by atomic mass is 16.1. The first kappa shape index (κ1) is 11.5. The minimum Gasteiger partial charge on any atom is -0.299 e. The first-order valence-corrected chi connectivity index (χ1v) is 5.77. The fraction of sp³-hybridized carbons (Fsp3) is 0.769. The number of carbonyl (C=O) groups is 1. The van der Waals surface area contributed by atoms with Gasteiger partial charge in [0, 0.05) is 11.8 Å². The monoisotopic (exact) mass is 194 g/mol. The van der Waals surface area contributed by atoms with Crippen molar-refractivity contribution >= 4 is 5.78 Å². The maximum absolute atomic E-state index is 11.9. The van der Waals surface area contributed by atoms with Gasteiger partial charge >= 0.3 is 0 Å². The highest BCUT2D eigenvalue weighted by Crippen LogP contribution is 2.43. The molecule has 0 spiro atoms. The van der Waals surface area contributed by atoms with Crippen LogP contribution in [0.5, 0.6) is 0 Å². The fourth-order valence-electron chi connectivity index (χ4n) is 2.42. The topological polar surface area (TPSA) is 17.1 Å². The van der Waals surface area contributed by atoms with Crippen LogP contribution in [-0.4, -0.2) is 5.78 Å². The predicted octanol–water partition coefficient (Wildman–Crippen LogP) is 3.88. The van der Waals surface area contributed by atoms with Gasteiger partial charge in [0.15, 0.2) is 0 Å². The van der Waals surface area contributed by atoms with Crippen molar-refractivity contribution in [2.24, 2.45) is 5.41 Å². The zero-order chi connectivity index (χ0) is 10.6. The molecule has 0 aromatic heterocycles. The minimum absolute atomic E-state index is 0.0199. The molecule has 1 heteroatoms. The fourth-order valence-corrected chi connectivity index (χ4v) is 2.42. The van der Waals surface area contributed by atoms with Crippen LogP contribution < -0.4 is 0 Å². The van der Waals surface area contributed by atoms with Crippen LogP contribution in [-0.2, 0) is 4.79 Å². The van der Waals surface area contributed by atoms with Gasteiger partial charge in [-0.15, -0.1) is 0 Å². The summed E-state index contributed by atoms with van der Waals surface area (Å²) in [4.78, 5) is 11.9. The molecular formula is C13H22O. The standard InChI is InChI=1S/C13H22O/c1-4-12(14)13(8-5-6-9-13)10-7-11(2)3/h7H,4-6,8-10H2,1-3H3. The van der Waals surface area contributed by atoms with Crippen molar-refractivity contribution in [1.82, 2.24) is 0 Å². The van der Waals surface area contributed by atoms with Gasteiger partial charge in [0.05, 0.1) is 0 Å². The summed E-state index contributed by atoms with van der Waals surface area (Å²) in [5.41, 5.74) is 1.35. The summed E-state index contributed by atoms with van der Waals surface area (Å²) in [6.45, 7) is 6.21. The minimum atomic E-state index is 0.0199. The number of ketones is 1. The van der Waals surface area contributed by atoms with Crippen LogP contribution in [0.15, 0.2) is 11.6 Å². The normalized spacial score (nSPS) is 19.4. The number of carbonyl (C=O) groups excluding carboxylic acids is 1. The lowest BCUT2D eigenvalue weighted by molar-refractivity contribution is -0.128. The summed E-state index contributed by atoms with van der Waals surface area (Å²) < 4.78 is 0. The van der Waals surface area contributed by atoms with E-state index in [2.05, 4.69) is 19.9 Å². The second-order valence-electron chi connectivity index (χ2n) is 4.75. The van der Waals surface area contributed by atoms with Gasteiger partial charge < -0.3 is 0 Å². The highest BCUT2D eigenvalue weighted by molar-refractivity contribution is 5.85. The molecule has 1 aliphatic rings. The molecule has 1 nitrogen and oxygen atoms in total. The summed E-state index contributed by atoms with van der Waals surface area (Å²) >= 11 is 0. The lowest BCUT2D eigenvalue weighted by Gasteiger charge is -2.25. The van der Waals surface area contributed by atoms with Gasteiger partial charge in [0.2, 0.25) is 0 Å². The number of Topliss-reactive ketones (excluding diaryl/α,β-unsaturated/α-hetero) is 1. The van der Waals surface area contributed by atoms with E-state index in [9.17, 15) is 4.79 Å². The molecule has 80 valence electrons. The first-order chi connectivity index (χ1) is 6.60. The molecule has 1 saturated carbocycles. The van der Waals surface area contributed by atoms with E-state index in [1.807, 2.05) is 6.92 Å². The quantitative estimate of drug-likeness (QED) is 0.621. The summed E-state index contributed by atoms with van der Waals surface area (Å²) in [6.07, 6.45) is 8.62. The van der Waals surface area contributed by atoms with Crippen LogP contribution >= 0.6 is 0 Å². The Hall–Kier alpha value is -0.590. The van der Waals surface area contributed by atoms with Crippen LogP contribution in [0, 0.1) is 5.41 Å². The van der Waals surface area contributed by atoms with Gasteiger partial charge in [-0.1, -0.05) is 31.4 Å². The number of hydrogen-bond acceptors (Lipinski definition) is 1. The van der Waals surface area contributed by atoms with Crippen molar-refractivity contribution in [3.05, 3.63) is 11.6 Å². The molecule has 0 aromatic rings. The maximum atomic E-state index is 11.9. The average molecular weight is 194 g/mol. The van der Waals surface area contributed by atoms with E-state index in [1.165, 1.54) is 18.4 Å². The van der Waals surface area contributed by atoms with Gasteiger partial charge in [0.25, 0.3) is 0 Å². The summed E-state index contributed by atoms with van der Waals surface area (Å²) in [5.74, 6) is 0.479. The second-order valence-corrected chi connectivity index (χ2v) is 4.75. The number of allylic oxidation sites excluding steroid dienone is 2. The summed E-state index contributed by atoms with van der Waals surface area (Å²) in [6, 6.07) is 0. The molecule has 0 aliphatic heterocycles. The van der Waals surface area contributed by atoms with Crippen LogP contribution in [0.4, 0.5) is 0 Å². The van der Waals surface area contributed by atoms with Crippen molar-refractivity contribution < 1.29 is 4.79 Å². The van der Waals surface area contributed by atoms with Gasteiger partial charge in [-0.2, -0.15) is 0 Å². The first-order valence-electron chi connectivity index (χ1n) is 5.77. The van der Waals surface area contributed by atoms with Crippen molar-refractivity contribution in [2.75, 3.05) is 0 Å². The summed E-state index contributed by atoms with van der Waals surface area (Å²) in [5, 5.41) is 0. The Balaban J connectivity index is 2.72. The Morgan fingerprint density at radius 3 is 2.29 bits per heavy atom. The Morgan fingerprint density at radius 1 is 1.29 bits per heavy atom. The van der Waals surface area contributed by atoms with Gasteiger partial charge in [0.1, 0.15) is 5.78 Å². The van der Waals surface area contributed by atoms with Crippen molar-refractivity contribution in [1.29, 1.82) is 0 Å². The van der Waals surface area contributed by atoms with Crippen LogP contribution in [0.1, 0.15) is 59.3 Å². The van der Waals surface area contributed by atoms with E-state index < -0.39 is 0 Å². The Kier molecular flexibility index (Phi) is 3.91. The van der Waals surface area contributed by atoms with E-state index in [1.54, 1.807) is 0 Å². The molecule has 1 aliphatic carbocycles. The van der Waals surface area contributed by atoms with Crippen LogP contribution in [0.25, 0.3) is 0 Å². The molecule has 1 fully saturated rings.